The second-order valence-corrected chi connectivity index (χ2v) is 5.94. The highest BCUT2D eigenvalue weighted by molar-refractivity contribution is 6.02. The number of nitriles is 1. The van der Waals surface area contributed by atoms with Crippen LogP contribution in [0.1, 0.15) is 38.2 Å². The molecule has 23 heavy (non-hydrogen) atoms. The van der Waals surface area contributed by atoms with Gasteiger partial charge >= 0.3 is 0 Å². The van der Waals surface area contributed by atoms with Crippen LogP contribution in [0.3, 0.4) is 0 Å². The van der Waals surface area contributed by atoms with Crippen molar-refractivity contribution in [1.82, 2.24) is 5.32 Å². The van der Waals surface area contributed by atoms with Crippen LogP contribution in [-0.2, 0) is 4.79 Å². The first-order valence-corrected chi connectivity index (χ1v) is 7.84. The Morgan fingerprint density at radius 3 is 2.83 bits per heavy atom. The Morgan fingerprint density at radius 2 is 2.17 bits per heavy atom. The van der Waals surface area contributed by atoms with Crippen molar-refractivity contribution in [2.45, 2.75) is 38.6 Å². The van der Waals surface area contributed by atoms with Crippen LogP contribution in [0.4, 0.5) is 0 Å². The third kappa shape index (κ3) is 4.26. The molecule has 2 atom stereocenters. The fourth-order valence-electron chi connectivity index (χ4n) is 2.86. The maximum atomic E-state index is 12.3. The number of amides is 1. The number of hydrogen-bond acceptors (Lipinski definition) is 4. The molecular formula is C18H22N2O3. The topological polar surface area (TPSA) is 82.3 Å². The smallest absolute Gasteiger partial charge is 0.262 e. The molecule has 2 N–H and O–H groups in total. The molecule has 0 unspecified atom stereocenters. The zero-order chi connectivity index (χ0) is 16.8. The van der Waals surface area contributed by atoms with E-state index in [4.69, 9.17) is 4.74 Å². The lowest BCUT2D eigenvalue weighted by molar-refractivity contribution is -0.118. The average Bonchev–Trinajstić information content (AvgIpc) is 2.56. The van der Waals surface area contributed by atoms with Crippen LogP contribution in [0.2, 0.25) is 0 Å². The zero-order valence-electron chi connectivity index (χ0n) is 13.5. The first-order chi connectivity index (χ1) is 11.0. The number of aromatic hydroxyl groups is 1. The van der Waals surface area contributed by atoms with Crippen LogP contribution in [0.25, 0.3) is 6.08 Å². The summed E-state index contributed by atoms with van der Waals surface area (Å²) in [7, 11) is 1.52. The summed E-state index contributed by atoms with van der Waals surface area (Å²) in [4.78, 5) is 12.3. The minimum Gasteiger partial charge on any atom is -0.507 e. The molecule has 1 aromatic rings. The number of phenols is 1. The van der Waals surface area contributed by atoms with Crippen LogP contribution in [0.15, 0.2) is 23.8 Å². The van der Waals surface area contributed by atoms with Crippen molar-refractivity contribution in [3.8, 4) is 17.6 Å². The molecular weight excluding hydrogens is 292 g/mol. The summed E-state index contributed by atoms with van der Waals surface area (Å²) in [6, 6.07) is 6.69. The van der Waals surface area contributed by atoms with E-state index in [0.29, 0.717) is 17.2 Å². The van der Waals surface area contributed by atoms with Crippen LogP contribution in [0, 0.1) is 17.2 Å². The summed E-state index contributed by atoms with van der Waals surface area (Å²) >= 11 is 0. The third-order valence-corrected chi connectivity index (χ3v) is 4.33. The number of benzene rings is 1. The molecule has 0 heterocycles. The Balaban J connectivity index is 2.18. The maximum absolute atomic E-state index is 12.3. The molecule has 2 rings (SSSR count). The fraction of sp³-hybridized carbons (Fsp3) is 0.444. The minimum absolute atomic E-state index is 0.00242. The Morgan fingerprint density at radius 1 is 1.43 bits per heavy atom. The van der Waals surface area contributed by atoms with E-state index in [1.54, 1.807) is 12.1 Å². The van der Waals surface area contributed by atoms with Gasteiger partial charge in [0.05, 0.1) is 7.11 Å². The van der Waals surface area contributed by atoms with E-state index in [1.165, 1.54) is 25.7 Å². The second kappa shape index (κ2) is 7.68. The van der Waals surface area contributed by atoms with Gasteiger partial charge in [0.25, 0.3) is 5.91 Å². The Kier molecular flexibility index (Phi) is 5.64. The van der Waals surface area contributed by atoms with E-state index >= 15 is 0 Å². The second-order valence-electron chi connectivity index (χ2n) is 5.94. The Hall–Kier alpha value is -2.48. The van der Waals surface area contributed by atoms with Gasteiger partial charge in [-0.05, 0) is 43.0 Å². The summed E-state index contributed by atoms with van der Waals surface area (Å²) in [5.74, 6) is 0.566. The number of methoxy groups -OCH3 is 1. The van der Waals surface area contributed by atoms with Crippen LogP contribution in [-0.4, -0.2) is 24.2 Å². The van der Waals surface area contributed by atoms with E-state index in [-0.39, 0.29) is 17.4 Å². The maximum Gasteiger partial charge on any atom is 0.262 e. The molecule has 0 aliphatic heterocycles. The normalized spacial score (nSPS) is 21.3. The molecule has 0 saturated heterocycles. The van der Waals surface area contributed by atoms with Crippen LogP contribution < -0.4 is 10.1 Å². The predicted octanol–water partition coefficient (Wildman–Crippen LogP) is 3.00. The summed E-state index contributed by atoms with van der Waals surface area (Å²) in [6.45, 7) is 2.12. The van der Waals surface area contributed by atoms with Crippen LogP contribution in [0.5, 0.6) is 11.5 Å². The molecule has 1 aromatic carbocycles. The lowest BCUT2D eigenvalue weighted by Gasteiger charge is -2.29. The largest absolute Gasteiger partial charge is 0.507 e. The summed E-state index contributed by atoms with van der Waals surface area (Å²) in [6.07, 6.45) is 5.70. The van der Waals surface area contributed by atoms with Crippen molar-refractivity contribution < 1.29 is 14.6 Å². The van der Waals surface area contributed by atoms with Gasteiger partial charge in [0.2, 0.25) is 0 Å². The number of hydrogen-bond donors (Lipinski definition) is 2. The monoisotopic (exact) mass is 314 g/mol. The lowest BCUT2D eigenvalue weighted by atomic mass is 9.86. The van der Waals surface area contributed by atoms with Gasteiger partial charge in [0, 0.05) is 11.6 Å². The van der Waals surface area contributed by atoms with Crippen LogP contribution >= 0.6 is 0 Å². The SMILES string of the molecule is COc1ccc(O)c(/C=C(\C#N)C(=O)N[C@@H]2CCCC[C@@H]2C)c1. The number of carbonyl (C=O) groups is 1. The average molecular weight is 314 g/mol. The van der Waals surface area contributed by atoms with E-state index in [1.807, 2.05) is 6.07 Å². The number of nitrogens with zero attached hydrogens (tertiary/aromatic N) is 1. The van der Waals surface area contributed by atoms with Crippen molar-refractivity contribution in [3.05, 3.63) is 29.3 Å². The number of phenolic OH excluding ortho intramolecular Hbond substituents is 1. The standard InChI is InChI=1S/C18H22N2O3/c1-12-5-3-4-6-16(12)20-18(22)14(11-19)9-13-10-15(23-2)7-8-17(13)21/h7-10,12,16,21H,3-6H2,1-2H3,(H,20,22)/b14-9+/t12-,16+/m0/s1. The molecule has 1 saturated carbocycles. The van der Waals surface area contributed by atoms with E-state index in [0.717, 1.165) is 19.3 Å². The number of nitrogens with one attached hydrogen (secondary N) is 1. The number of carbonyl (C=O) groups excluding carboxylic acids is 1. The molecule has 0 aromatic heterocycles. The lowest BCUT2D eigenvalue weighted by Crippen LogP contribution is -2.41. The highest BCUT2D eigenvalue weighted by Crippen LogP contribution is 2.26. The summed E-state index contributed by atoms with van der Waals surface area (Å²) < 4.78 is 5.10. The molecule has 1 aliphatic rings. The van der Waals surface area contributed by atoms with Gasteiger partial charge in [-0.1, -0.05) is 19.8 Å². The van der Waals surface area contributed by atoms with Gasteiger partial charge in [0.15, 0.2) is 0 Å². The Bertz CT molecular complexity index is 646. The zero-order valence-corrected chi connectivity index (χ0v) is 13.5. The molecule has 1 aliphatic carbocycles. The molecule has 1 amide bonds. The molecule has 0 radical (unpaired) electrons. The minimum atomic E-state index is -0.395. The van der Waals surface area contributed by atoms with E-state index in [2.05, 4.69) is 12.2 Å². The summed E-state index contributed by atoms with van der Waals surface area (Å²) in [5, 5.41) is 22.1. The molecule has 0 bridgehead atoms. The molecule has 0 spiro atoms. The quantitative estimate of drug-likeness (QED) is 0.661. The van der Waals surface area contributed by atoms with Gasteiger partial charge in [-0.15, -0.1) is 0 Å². The van der Waals surface area contributed by atoms with Crippen molar-refractivity contribution in [3.63, 3.8) is 0 Å². The van der Waals surface area contributed by atoms with E-state index in [9.17, 15) is 15.2 Å². The summed E-state index contributed by atoms with van der Waals surface area (Å²) in [5.41, 5.74) is 0.360. The van der Waals surface area contributed by atoms with E-state index < -0.39 is 5.91 Å². The first-order valence-electron chi connectivity index (χ1n) is 7.84. The fourth-order valence-corrected chi connectivity index (χ4v) is 2.86. The number of rotatable bonds is 4. The predicted molar refractivity (Wildman–Crippen MR) is 87.8 cm³/mol. The highest BCUT2D eigenvalue weighted by atomic mass is 16.5. The van der Waals surface area contributed by atoms with Gasteiger partial charge in [-0.3, -0.25) is 4.79 Å². The van der Waals surface area contributed by atoms with Crippen molar-refractivity contribution in [1.29, 1.82) is 5.26 Å². The van der Waals surface area contributed by atoms with Crippen molar-refractivity contribution >= 4 is 12.0 Å². The molecule has 1 fully saturated rings. The molecule has 5 heteroatoms. The van der Waals surface area contributed by atoms with Crippen molar-refractivity contribution in [2.75, 3.05) is 7.11 Å². The van der Waals surface area contributed by atoms with Gasteiger partial charge in [0.1, 0.15) is 23.1 Å². The van der Waals surface area contributed by atoms with Gasteiger partial charge in [-0.2, -0.15) is 5.26 Å². The molecule has 5 nitrogen and oxygen atoms in total. The number of ether oxygens (including phenoxy) is 1. The first kappa shape index (κ1) is 16.9. The highest BCUT2D eigenvalue weighted by Gasteiger charge is 2.24. The molecule has 122 valence electrons. The van der Waals surface area contributed by atoms with Gasteiger partial charge < -0.3 is 15.2 Å². The van der Waals surface area contributed by atoms with Gasteiger partial charge in [-0.25, -0.2) is 0 Å². The Labute approximate surface area is 136 Å². The third-order valence-electron chi connectivity index (χ3n) is 4.33. The van der Waals surface area contributed by atoms with Crippen molar-refractivity contribution in [2.24, 2.45) is 5.92 Å².